The molecule has 2 heterocycles. The van der Waals surface area contributed by atoms with Crippen LogP contribution in [0.15, 0.2) is 30.6 Å². The summed E-state index contributed by atoms with van der Waals surface area (Å²) in [7, 11) is 0. The molecule has 5 nitrogen and oxygen atoms in total. The lowest BCUT2D eigenvalue weighted by Crippen LogP contribution is -2.13. The molecule has 2 aromatic heterocycles. The van der Waals surface area contributed by atoms with Gasteiger partial charge in [0.2, 0.25) is 0 Å². The van der Waals surface area contributed by atoms with Gasteiger partial charge in [0.25, 0.3) is 0 Å². The molecule has 5 heteroatoms. The topological polar surface area (TPSA) is 59.9 Å². The number of nitrogens with zero attached hydrogens (tertiary/aromatic N) is 3. The Morgan fingerprint density at radius 1 is 1.32 bits per heavy atom. The van der Waals surface area contributed by atoms with E-state index in [1.165, 1.54) is 0 Å². The van der Waals surface area contributed by atoms with Crippen LogP contribution in [0.3, 0.4) is 0 Å². The number of aromatic nitrogens is 3. The minimum absolute atomic E-state index is 0.566. The number of anilines is 1. The van der Waals surface area contributed by atoms with Crippen molar-refractivity contribution in [1.82, 2.24) is 15.0 Å². The summed E-state index contributed by atoms with van der Waals surface area (Å²) in [5, 5.41) is 3.23. The van der Waals surface area contributed by atoms with Crippen LogP contribution in [0.1, 0.15) is 18.4 Å². The Bertz CT molecular complexity index is 516. The number of rotatable bonds is 6. The van der Waals surface area contributed by atoms with Gasteiger partial charge in [-0.1, -0.05) is 6.92 Å². The van der Waals surface area contributed by atoms with Crippen LogP contribution in [0.25, 0.3) is 0 Å². The smallest absolute Gasteiger partial charge is 0.137 e. The highest BCUT2D eigenvalue weighted by atomic mass is 16.5. The quantitative estimate of drug-likeness (QED) is 0.805. The zero-order valence-electron chi connectivity index (χ0n) is 11.3. The van der Waals surface area contributed by atoms with Crippen molar-refractivity contribution < 1.29 is 4.74 Å². The highest BCUT2D eigenvalue weighted by molar-refractivity contribution is 5.36. The average molecular weight is 258 g/mol. The largest absolute Gasteiger partial charge is 0.490 e. The van der Waals surface area contributed by atoms with E-state index in [1.807, 2.05) is 25.1 Å². The van der Waals surface area contributed by atoms with Crippen molar-refractivity contribution in [2.24, 2.45) is 0 Å². The Morgan fingerprint density at radius 2 is 2.21 bits per heavy atom. The van der Waals surface area contributed by atoms with Crippen LogP contribution in [-0.4, -0.2) is 28.1 Å². The summed E-state index contributed by atoms with van der Waals surface area (Å²) in [6, 6.07) is 5.71. The fourth-order valence-electron chi connectivity index (χ4n) is 1.68. The van der Waals surface area contributed by atoms with Crippen LogP contribution in [0.2, 0.25) is 0 Å². The fraction of sp³-hybridized carbons (Fsp3) is 0.357. The Kier molecular flexibility index (Phi) is 4.66. The molecule has 0 aliphatic carbocycles. The molecule has 100 valence electrons. The van der Waals surface area contributed by atoms with E-state index >= 15 is 0 Å². The van der Waals surface area contributed by atoms with Gasteiger partial charge in [-0.2, -0.15) is 0 Å². The van der Waals surface area contributed by atoms with Crippen LogP contribution < -0.4 is 10.1 Å². The molecule has 2 rings (SSSR count). The molecule has 2 aromatic rings. The Balaban J connectivity index is 1.81. The number of nitrogens with one attached hydrogen (secondary N) is 1. The van der Waals surface area contributed by atoms with E-state index in [0.29, 0.717) is 13.2 Å². The minimum Gasteiger partial charge on any atom is -0.490 e. The summed E-state index contributed by atoms with van der Waals surface area (Å²) in [6.45, 7) is 5.23. The van der Waals surface area contributed by atoms with Gasteiger partial charge in [0.05, 0.1) is 12.7 Å². The van der Waals surface area contributed by atoms with Crippen molar-refractivity contribution in [2.75, 3.05) is 18.5 Å². The second kappa shape index (κ2) is 6.68. The van der Waals surface area contributed by atoms with E-state index in [9.17, 15) is 0 Å². The monoisotopic (exact) mass is 258 g/mol. The molecule has 1 N–H and O–H groups in total. The Morgan fingerprint density at radius 3 is 2.95 bits per heavy atom. The summed E-state index contributed by atoms with van der Waals surface area (Å²) in [6.07, 6.45) is 4.33. The fourth-order valence-corrected chi connectivity index (χ4v) is 1.68. The maximum Gasteiger partial charge on any atom is 0.137 e. The second-order valence-corrected chi connectivity index (χ2v) is 4.11. The number of aryl methyl sites for hydroxylation is 2. The van der Waals surface area contributed by atoms with E-state index in [4.69, 9.17) is 4.74 Å². The third kappa shape index (κ3) is 4.21. The van der Waals surface area contributed by atoms with E-state index < -0.39 is 0 Å². The van der Waals surface area contributed by atoms with Crippen molar-refractivity contribution >= 4 is 5.82 Å². The highest BCUT2D eigenvalue weighted by Gasteiger charge is 2.00. The highest BCUT2D eigenvalue weighted by Crippen LogP contribution is 2.08. The first kappa shape index (κ1) is 13.3. The molecule has 0 amide bonds. The molecular formula is C14H18N4O. The van der Waals surface area contributed by atoms with Gasteiger partial charge in [0.15, 0.2) is 0 Å². The number of hydrogen-bond donors (Lipinski definition) is 1. The van der Waals surface area contributed by atoms with Crippen molar-refractivity contribution in [3.05, 3.63) is 42.1 Å². The van der Waals surface area contributed by atoms with Gasteiger partial charge in [-0.05, 0) is 25.5 Å². The molecule has 0 bridgehead atoms. The molecule has 0 aliphatic rings. The molecule has 19 heavy (non-hydrogen) atoms. The van der Waals surface area contributed by atoms with E-state index in [2.05, 4.69) is 27.2 Å². The lowest BCUT2D eigenvalue weighted by atomic mass is 10.3. The van der Waals surface area contributed by atoms with Gasteiger partial charge in [-0.15, -0.1) is 0 Å². The molecule has 0 unspecified atom stereocenters. The molecular weight excluding hydrogens is 240 g/mol. The first-order valence-electron chi connectivity index (χ1n) is 6.39. The zero-order valence-corrected chi connectivity index (χ0v) is 11.3. The standard InChI is InChI=1S/C14H18N4O/c1-3-12-9-14(18-11(2)17-12)16-7-8-19-13-5-4-6-15-10-13/h4-6,9-10H,3,7-8H2,1-2H3,(H,16,17,18). The molecule has 0 saturated heterocycles. The summed E-state index contributed by atoms with van der Waals surface area (Å²) in [5.74, 6) is 2.41. The van der Waals surface area contributed by atoms with Crippen LogP contribution in [0.4, 0.5) is 5.82 Å². The molecule has 0 atom stereocenters. The lowest BCUT2D eigenvalue weighted by Gasteiger charge is -2.09. The van der Waals surface area contributed by atoms with E-state index in [-0.39, 0.29) is 0 Å². The summed E-state index contributed by atoms with van der Waals surface area (Å²) >= 11 is 0. The predicted octanol–water partition coefficient (Wildman–Crippen LogP) is 2.23. The van der Waals surface area contributed by atoms with Gasteiger partial charge in [-0.25, -0.2) is 9.97 Å². The van der Waals surface area contributed by atoms with Gasteiger partial charge in [0.1, 0.15) is 24.0 Å². The second-order valence-electron chi connectivity index (χ2n) is 4.11. The maximum atomic E-state index is 5.55. The number of pyridine rings is 1. The minimum atomic E-state index is 0.566. The molecule has 0 saturated carbocycles. The average Bonchev–Trinajstić information content (AvgIpc) is 2.44. The third-order valence-corrected chi connectivity index (χ3v) is 2.56. The molecule has 0 aliphatic heterocycles. The van der Waals surface area contributed by atoms with Crippen molar-refractivity contribution in [3.63, 3.8) is 0 Å². The van der Waals surface area contributed by atoms with Crippen molar-refractivity contribution in [2.45, 2.75) is 20.3 Å². The van der Waals surface area contributed by atoms with Crippen LogP contribution in [0, 0.1) is 6.92 Å². The van der Waals surface area contributed by atoms with Crippen LogP contribution in [0.5, 0.6) is 5.75 Å². The van der Waals surface area contributed by atoms with Gasteiger partial charge >= 0.3 is 0 Å². The number of ether oxygens (including phenoxy) is 1. The van der Waals surface area contributed by atoms with Crippen molar-refractivity contribution in [1.29, 1.82) is 0 Å². The summed E-state index contributed by atoms with van der Waals surface area (Å²) in [5.41, 5.74) is 1.04. The first-order chi connectivity index (χ1) is 9.28. The summed E-state index contributed by atoms with van der Waals surface area (Å²) < 4.78 is 5.55. The maximum absolute atomic E-state index is 5.55. The molecule has 0 aromatic carbocycles. The van der Waals surface area contributed by atoms with Gasteiger partial charge < -0.3 is 10.1 Å². The Hall–Kier alpha value is -2.17. The predicted molar refractivity (Wildman–Crippen MR) is 74.4 cm³/mol. The number of hydrogen-bond acceptors (Lipinski definition) is 5. The zero-order chi connectivity index (χ0) is 13.5. The van der Waals surface area contributed by atoms with E-state index in [1.54, 1.807) is 12.4 Å². The van der Waals surface area contributed by atoms with E-state index in [0.717, 1.165) is 29.5 Å². The normalized spacial score (nSPS) is 10.2. The molecule has 0 radical (unpaired) electrons. The van der Waals surface area contributed by atoms with Gasteiger partial charge in [-0.3, -0.25) is 4.98 Å². The molecule has 0 spiro atoms. The van der Waals surface area contributed by atoms with Crippen LogP contribution >= 0.6 is 0 Å². The lowest BCUT2D eigenvalue weighted by molar-refractivity contribution is 0.331. The van der Waals surface area contributed by atoms with Crippen molar-refractivity contribution in [3.8, 4) is 5.75 Å². The first-order valence-corrected chi connectivity index (χ1v) is 6.39. The third-order valence-electron chi connectivity index (χ3n) is 2.56. The van der Waals surface area contributed by atoms with Gasteiger partial charge in [0, 0.05) is 18.0 Å². The summed E-state index contributed by atoms with van der Waals surface area (Å²) in [4.78, 5) is 12.7. The van der Waals surface area contributed by atoms with Crippen LogP contribution in [-0.2, 0) is 6.42 Å². The SMILES string of the molecule is CCc1cc(NCCOc2cccnc2)nc(C)n1. The molecule has 0 fully saturated rings. The Labute approximate surface area is 113 Å².